The molecule has 0 radical (unpaired) electrons. The average molecular weight is 649 g/mol. The van der Waals surface area contributed by atoms with E-state index in [1.165, 1.54) is 26.2 Å². The molecule has 4 rings (SSSR count). The van der Waals surface area contributed by atoms with Gasteiger partial charge in [0.05, 0.1) is 29.5 Å². The maximum absolute atomic E-state index is 14.8. The van der Waals surface area contributed by atoms with Crippen LogP contribution in [0.4, 0.5) is 49.8 Å². The Morgan fingerprint density at radius 3 is 1.84 bits per heavy atom. The number of aromatic nitrogens is 1. The van der Waals surface area contributed by atoms with Crippen molar-refractivity contribution in [3.63, 3.8) is 0 Å². The van der Waals surface area contributed by atoms with Crippen molar-refractivity contribution in [1.29, 1.82) is 0 Å². The van der Waals surface area contributed by atoms with Gasteiger partial charge in [0.1, 0.15) is 11.6 Å². The number of nitrogens with zero attached hydrogens (tertiary/aromatic N) is 2. The van der Waals surface area contributed by atoms with Gasteiger partial charge in [-0.15, -0.1) is 0 Å². The number of benzene rings is 3. The zero-order valence-electron chi connectivity index (χ0n) is 24.2. The van der Waals surface area contributed by atoms with E-state index in [-0.39, 0.29) is 45.9 Å². The largest absolute Gasteiger partial charge is 0.496 e. The first-order valence-corrected chi connectivity index (χ1v) is 13.3. The summed E-state index contributed by atoms with van der Waals surface area (Å²) in [6, 6.07) is 7.63. The molecule has 0 aliphatic heterocycles. The van der Waals surface area contributed by atoms with Crippen LogP contribution in [-0.2, 0) is 31.6 Å². The molecule has 0 bridgehead atoms. The van der Waals surface area contributed by atoms with Crippen molar-refractivity contribution in [3.8, 4) is 16.9 Å². The molecule has 0 amide bonds. The van der Waals surface area contributed by atoms with Crippen LogP contribution in [0, 0.1) is 12.7 Å². The maximum Gasteiger partial charge on any atom is 0.416 e. The molecular formula is C31H26F10N2O2. The topological polar surface area (TPSA) is 38.5 Å². The Kier molecular flexibility index (Phi) is 9.19. The molecular weight excluding hydrogens is 622 g/mol. The highest BCUT2D eigenvalue weighted by Gasteiger charge is 2.37. The van der Waals surface area contributed by atoms with E-state index in [2.05, 4.69) is 5.16 Å². The SMILES string of the molecule is COc1cc(F)c(C(C)C)cc1-c1ccc(C(F)(F)F)cc1CN(Cc1cc(C(F)(F)F)cc(C(F)(F)F)c1)c1cc(C)no1. The van der Waals surface area contributed by atoms with Crippen molar-refractivity contribution < 1.29 is 53.2 Å². The summed E-state index contributed by atoms with van der Waals surface area (Å²) in [4.78, 5) is 1.16. The summed E-state index contributed by atoms with van der Waals surface area (Å²) in [7, 11) is 1.24. The highest BCUT2D eigenvalue weighted by atomic mass is 19.4. The molecule has 0 saturated heterocycles. The molecule has 0 aliphatic carbocycles. The van der Waals surface area contributed by atoms with E-state index in [1.807, 2.05) is 0 Å². The molecule has 0 fully saturated rings. The Balaban J connectivity index is 1.92. The zero-order chi connectivity index (χ0) is 33.5. The lowest BCUT2D eigenvalue weighted by Gasteiger charge is -2.25. The van der Waals surface area contributed by atoms with Gasteiger partial charge in [-0.3, -0.25) is 0 Å². The van der Waals surface area contributed by atoms with Crippen molar-refractivity contribution in [3.05, 3.63) is 99.5 Å². The summed E-state index contributed by atoms with van der Waals surface area (Å²) >= 11 is 0. The van der Waals surface area contributed by atoms with Crippen molar-refractivity contribution in [2.45, 2.75) is 58.3 Å². The first-order valence-electron chi connectivity index (χ1n) is 13.3. The second-order valence-electron chi connectivity index (χ2n) is 10.7. The van der Waals surface area contributed by atoms with Gasteiger partial charge in [-0.25, -0.2) is 4.39 Å². The van der Waals surface area contributed by atoms with Crippen LogP contribution in [0.3, 0.4) is 0 Å². The number of ether oxygens (including phenoxy) is 1. The van der Waals surface area contributed by atoms with Crippen LogP contribution in [0.25, 0.3) is 11.1 Å². The third kappa shape index (κ3) is 7.71. The summed E-state index contributed by atoms with van der Waals surface area (Å²) in [6.45, 7) is 3.78. The number of alkyl halides is 9. The number of hydrogen-bond donors (Lipinski definition) is 0. The maximum atomic E-state index is 14.8. The summed E-state index contributed by atoms with van der Waals surface area (Å²) in [5.74, 6) is -1.07. The molecule has 1 aromatic heterocycles. The van der Waals surface area contributed by atoms with Gasteiger partial charge in [0, 0.05) is 30.8 Å². The lowest BCUT2D eigenvalue weighted by molar-refractivity contribution is -0.143. The van der Waals surface area contributed by atoms with Gasteiger partial charge in [0.15, 0.2) is 0 Å². The fraction of sp³-hybridized carbons (Fsp3) is 0.323. The molecule has 0 atom stereocenters. The Bertz CT molecular complexity index is 1640. The normalized spacial score (nSPS) is 12.6. The fourth-order valence-electron chi connectivity index (χ4n) is 4.80. The van der Waals surface area contributed by atoms with E-state index in [0.717, 1.165) is 29.2 Å². The summed E-state index contributed by atoms with van der Waals surface area (Å²) < 4.78 is 148. The number of anilines is 1. The molecule has 4 aromatic rings. The molecule has 4 nitrogen and oxygen atoms in total. The van der Waals surface area contributed by atoms with Crippen LogP contribution >= 0.6 is 0 Å². The standard InChI is InChI=1S/C31H26F10N2O2/c1-16(2)24-12-25(27(44-4)13-26(24)32)23-6-5-20(29(33,34)35)10-19(23)15-43(28-7-17(3)42-45-28)14-18-8-21(30(36,37)38)11-22(9-18)31(39,40)41/h5-13,16H,14-15H2,1-4H3. The van der Waals surface area contributed by atoms with Gasteiger partial charge < -0.3 is 14.2 Å². The monoisotopic (exact) mass is 648 g/mol. The van der Waals surface area contributed by atoms with Gasteiger partial charge in [0.25, 0.3) is 0 Å². The molecule has 0 spiro atoms. The third-order valence-corrected chi connectivity index (χ3v) is 6.97. The Labute approximate surface area is 251 Å². The number of methoxy groups -OCH3 is 1. The molecule has 1 heterocycles. The molecule has 0 aliphatic rings. The molecule has 3 aromatic carbocycles. The van der Waals surface area contributed by atoms with Crippen LogP contribution in [-0.4, -0.2) is 12.3 Å². The first-order chi connectivity index (χ1) is 20.8. The van der Waals surface area contributed by atoms with Gasteiger partial charge in [0.2, 0.25) is 5.88 Å². The lowest BCUT2D eigenvalue weighted by Crippen LogP contribution is -2.23. The van der Waals surface area contributed by atoms with Crippen molar-refractivity contribution in [2.24, 2.45) is 0 Å². The fourth-order valence-corrected chi connectivity index (χ4v) is 4.80. The lowest BCUT2D eigenvalue weighted by atomic mass is 9.92. The minimum absolute atomic E-state index is 0.00679. The summed E-state index contributed by atoms with van der Waals surface area (Å²) in [5, 5.41) is 3.72. The summed E-state index contributed by atoms with van der Waals surface area (Å²) in [5.41, 5.74) is -3.78. The van der Waals surface area contributed by atoms with Crippen molar-refractivity contribution in [1.82, 2.24) is 5.16 Å². The van der Waals surface area contributed by atoms with E-state index >= 15 is 0 Å². The number of aryl methyl sites for hydroxylation is 1. The molecule has 0 unspecified atom stereocenters. The van der Waals surface area contributed by atoms with Gasteiger partial charge in [-0.2, -0.15) is 39.5 Å². The molecule has 0 saturated carbocycles. The van der Waals surface area contributed by atoms with Crippen LogP contribution in [0.2, 0.25) is 0 Å². The van der Waals surface area contributed by atoms with E-state index < -0.39 is 59.7 Å². The number of halogens is 10. The average Bonchev–Trinajstić information content (AvgIpc) is 3.37. The Hall–Kier alpha value is -4.23. The van der Waals surface area contributed by atoms with Crippen molar-refractivity contribution >= 4 is 5.88 Å². The molecule has 45 heavy (non-hydrogen) atoms. The van der Waals surface area contributed by atoms with Crippen LogP contribution in [0.15, 0.2) is 59.1 Å². The first kappa shape index (κ1) is 33.7. The minimum Gasteiger partial charge on any atom is -0.496 e. The quantitative estimate of drug-likeness (QED) is 0.178. The van der Waals surface area contributed by atoms with Gasteiger partial charge in [-0.05, 0) is 71.5 Å². The van der Waals surface area contributed by atoms with Gasteiger partial charge >= 0.3 is 18.5 Å². The van der Waals surface area contributed by atoms with Crippen LogP contribution in [0.1, 0.15) is 58.8 Å². The van der Waals surface area contributed by atoms with Crippen LogP contribution in [0.5, 0.6) is 5.75 Å². The number of hydrogen-bond acceptors (Lipinski definition) is 4. The second kappa shape index (κ2) is 12.3. The second-order valence-corrected chi connectivity index (χ2v) is 10.7. The molecule has 0 N–H and O–H groups in total. The number of rotatable bonds is 8. The van der Waals surface area contributed by atoms with E-state index in [4.69, 9.17) is 9.26 Å². The zero-order valence-corrected chi connectivity index (χ0v) is 24.2. The van der Waals surface area contributed by atoms with Crippen molar-refractivity contribution in [2.75, 3.05) is 12.0 Å². The molecule has 242 valence electrons. The Morgan fingerprint density at radius 2 is 1.36 bits per heavy atom. The molecule has 14 heteroatoms. The van der Waals surface area contributed by atoms with Gasteiger partial charge in [-0.1, -0.05) is 25.1 Å². The summed E-state index contributed by atoms with van der Waals surface area (Å²) in [6.07, 6.45) is -15.0. The smallest absolute Gasteiger partial charge is 0.416 e. The van der Waals surface area contributed by atoms with Crippen LogP contribution < -0.4 is 9.64 Å². The highest BCUT2D eigenvalue weighted by Crippen LogP contribution is 2.41. The van der Waals surface area contributed by atoms with E-state index in [9.17, 15) is 43.9 Å². The predicted octanol–water partition coefficient (Wildman–Crippen LogP) is 10.2. The van der Waals surface area contributed by atoms with E-state index in [1.54, 1.807) is 13.8 Å². The minimum atomic E-state index is -5.12. The highest BCUT2D eigenvalue weighted by molar-refractivity contribution is 5.75. The van der Waals surface area contributed by atoms with E-state index in [0.29, 0.717) is 17.8 Å². The third-order valence-electron chi connectivity index (χ3n) is 6.97. The predicted molar refractivity (Wildman–Crippen MR) is 145 cm³/mol. The Morgan fingerprint density at radius 1 is 0.756 bits per heavy atom.